The van der Waals surface area contributed by atoms with Crippen molar-refractivity contribution in [3.05, 3.63) is 88.5 Å². The van der Waals surface area contributed by atoms with Crippen LogP contribution in [0.3, 0.4) is 0 Å². The maximum Gasteiger partial charge on any atom is 0.335 e. The number of rotatable bonds is 5. The van der Waals surface area contributed by atoms with Gasteiger partial charge >= 0.3 is 5.97 Å². The van der Waals surface area contributed by atoms with Crippen molar-refractivity contribution in [3.8, 4) is 17.2 Å². The second kappa shape index (κ2) is 8.47. The van der Waals surface area contributed by atoms with E-state index in [0.29, 0.717) is 33.9 Å². The van der Waals surface area contributed by atoms with E-state index in [-0.39, 0.29) is 18.8 Å². The molecule has 0 bridgehead atoms. The lowest BCUT2D eigenvalue weighted by Gasteiger charge is -2.33. The van der Waals surface area contributed by atoms with E-state index in [1.807, 2.05) is 25.1 Å². The molecule has 0 spiro atoms. The number of aryl methyl sites for hydroxylation is 1. The standard InChI is InChI=1S/C28H23F2NO6/c1-14-5-7-18-19(12-21(37-22(18)9-14)15-3-2-4-17(10-15)27(33)34)31-26(32)25-24(28(25,29)30)16-6-8-20-23(11-16)36-13-35-20/h2-11,19,21,24-25H,12-13H2,1H3,(H,31,32)(H,33,34)/t19-,21+,24?,25?/m0/s1. The number of carbonyl (C=O) groups excluding carboxylic acids is 1. The zero-order chi connectivity index (χ0) is 25.9. The van der Waals surface area contributed by atoms with Crippen LogP contribution in [0.2, 0.25) is 0 Å². The van der Waals surface area contributed by atoms with Crippen LogP contribution in [0.4, 0.5) is 8.78 Å². The van der Waals surface area contributed by atoms with Crippen LogP contribution in [-0.2, 0) is 4.79 Å². The Morgan fingerprint density at radius 1 is 0.973 bits per heavy atom. The van der Waals surface area contributed by atoms with Crippen molar-refractivity contribution in [1.29, 1.82) is 0 Å². The predicted octanol–water partition coefficient (Wildman–Crippen LogP) is 5.15. The predicted molar refractivity (Wildman–Crippen MR) is 127 cm³/mol. The lowest BCUT2D eigenvalue weighted by Crippen LogP contribution is -2.35. The van der Waals surface area contributed by atoms with Gasteiger partial charge in [-0.1, -0.05) is 30.3 Å². The quantitative estimate of drug-likeness (QED) is 0.496. The summed E-state index contributed by atoms with van der Waals surface area (Å²) in [5.41, 5.74) is 2.68. The molecule has 3 aliphatic rings. The molecule has 3 aromatic carbocycles. The second-order valence-electron chi connectivity index (χ2n) is 9.62. The highest BCUT2D eigenvalue weighted by Crippen LogP contribution is 2.62. The molecule has 9 heteroatoms. The Balaban J connectivity index is 1.26. The van der Waals surface area contributed by atoms with Crippen LogP contribution in [0, 0.1) is 12.8 Å². The Bertz CT molecular complexity index is 1420. The monoisotopic (exact) mass is 507 g/mol. The van der Waals surface area contributed by atoms with Gasteiger partial charge in [0.25, 0.3) is 5.92 Å². The number of hydrogen-bond acceptors (Lipinski definition) is 5. The zero-order valence-corrected chi connectivity index (χ0v) is 19.7. The summed E-state index contributed by atoms with van der Waals surface area (Å²) in [6.45, 7) is 1.93. The van der Waals surface area contributed by atoms with Crippen LogP contribution in [0.25, 0.3) is 0 Å². The topological polar surface area (TPSA) is 94.1 Å². The van der Waals surface area contributed by atoms with Crippen LogP contribution in [0.5, 0.6) is 17.2 Å². The highest BCUT2D eigenvalue weighted by Gasteiger charge is 2.72. The average Bonchev–Trinajstić information content (AvgIpc) is 3.19. The van der Waals surface area contributed by atoms with Gasteiger partial charge in [-0.15, -0.1) is 0 Å². The molecule has 2 aliphatic heterocycles. The van der Waals surface area contributed by atoms with Crippen molar-refractivity contribution in [3.63, 3.8) is 0 Å². The molecule has 1 fully saturated rings. The summed E-state index contributed by atoms with van der Waals surface area (Å²) in [7, 11) is 0. The molecule has 0 radical (unpaired) electrons. The van der Waals surface area contributed by atoms with Gasteiger partial charge in [0.15, 0.2) is 11.5 Å². The number of carboxylic acid groups (broad SMARTS) is 1. The van der Waals surface area contributed by atoms with Gasteiger partial charge in [-0.2, -0.15) is 0 Å². The first kappa shape index (κ1) is 23.3. The summed E-state index contributed by atoms with van der Waals surface area (Å²) in [5.74, 6) is -6.39. The summed E-state index contributed by atoms with van der Waals surface area (Å²) in [5, 5.41) is 12.2. The van der Waals surface area contributed by atoms with Crippen LogP contribution in [0.15, 0.2) is 60.7 Å². The average molecular weight is 507 g/mol. The SMILES string of the molecule is Cc1ccc2c(c1)O[C@@H](c1cccc(C(=O)O)c1)C[C@@H]2NC(=O)C1C(c2ccc3c(c2)OCO3)C1(F)F. The van der Waals surface area contributed by atoms with Crippen molar-refractivity contribution < 1.29 is 37.7 Å². The summed E-state index contributed by atoms with van der Waals surface area (Å²) in [6.07, 6.45) is -0.305. The van der Waals surface area contributed by atoms with Crippen LogP contribution < -0.4 is 19.5 Å². The number of ether oxygens (including phenoxy) is 3. The van der Waals surface area contributed by atoms with E-state index in [9.17, 15) is 23.5 Å². The van der Waals surface area contributed by atoms with Gasteiger partial charge in [-0.3, -0.25) is 4.79 Å². The Hall–Kier alpha value is -4.14. The summed E-state index contributed by atoms with van der Waals surface area (Å²) in [4.78, 5) is 24.7. The fraction of sp³-hybridized carbons (Fsp3) is 0.286. The molecule has 1 saturated carbocycles. The molecule has 190 valence electrons. The zero-order valence-electron chi connectivity index (χ0n) is 19.7. The highest BCUT2D eigenvalue weighted by atomic mass is 19.3. The summed E-state index contributed by atoms with van der Waals surface area (Å²) >= 11 is 0. The minimum Gasteiger partial charge on any atom is -0.485 e. The number of halogens is 2. The van der Waals surface area contributed by atoms with E-state index < -0.39 is 41.8 Å². The molecule has 1 aliphatic carbocycles. The third-order valence-electron chi connectivity index (χ3n) is 7.18. The van der Waals surface area contributed by atoms with E-state index in [0.717, 1.165) is 5.56 Å². The van der Waals surface area contributed by atoms with E-state index in [4.69, 9.17) is 14.2 Å². The van der Waals surface area contributed by atoms with Crippen molar-refractivity contribution in [1.82, 2.24) is 5.32 Å². The van der Waals surface area contributed by atoms with Gasteiger partial charge < -0.3 is 24.6 Å². The van der Waals surface area contributed by atoms with Crippen molar-refractivity contribution in [2.75, 3.05) is 6.79 Å². The van der Waals surface area contributed by atoms with Crippen molar-refractivity contribution in [2.24, 2.45) is 5.92 Å². The molecule has 37 heavy (non-hydrogen) atoms. The first-order chi connectivity index (χ1) is 17.7. The number of carbonyl (C=O) groups is 2. The van der Waals surface area contributed by atoms with Gasteiger partial charge in [-0.05, 0) is 53.9 Å². The Kier molecular flexibility index (Phi) is 5.33. The molecule has 7 nitrogen and oxygen atoms in total. The summed E-state index contributed by atoms with van der Waals surface area (Å²) < 4.78 is 46.5. The number of amides is 1. The minimum atomic E-state index is -3.20. The molecule has 2 N–H and O–H groups in total. The van der Waals surface area contributed by atoms with Gasteiger partial charge in [0, 0.05) is 12.0 Å². The number of carboxylic acids is 1. The maximum atomic E-state index is 14.9. The molecular weight excluding hydrogens is 484 g/mol. The van der Waals surface area contributed by atoms with Crippen molar-refractivity contribution >= 4 is 11.9 Å². The van der Waals surface area contributed by atoms with Gasteiger partial charge in [-0.25, -0.2) is 13.6 Å². The smallest absolute Gasteiger partial charge is 0.335 e. The Morgan fingerprint density at radius 2 is 1.78 bits per heavy atom. The normalized spacial score (nSPS) is 24.5. The van der Waals surface area contributed by atoms with E-state index in [1.54, 1.807) is 18.2 Å². The van der Waals surface area contributed by atoms with Crippen molar-refractivity contribution in [2.45, 2.75) is 37.3 Å². The molecule has 2 heterocycles. The minimum absolute atomic E-state index is 0.0307. The van der Waals surface area contributed by atoms with Gasteiger partial charge in [0.2, 0.25) is 12.7 Å². The van der Waals surface area contributed by atoms with Crippen LogP contribution in [-0.4, -0.2) is 29.7 Å². The van der Waals surface area contributed by atoms with Gasteiger partial charge in [0.05, 0.1) is 17.5 Å². The fourth-order valence-electron chi connectivity index (χ4n) is 5.22. The Labute approximate surface area is 211 Å². The number of fused-ring (bicyclic) bond motifs is 2. The van der Waals surface area contributed by atoms with Crippen LogP contribution in [0.1, 0.15) is 57.1 Å². The number of nitrogens with one attached hydrogen (secondary N) is 1. The number of benzene rings is 3. The largest absolute Gasteiger partial charge is 0.485 e. The Morgan fingerprint density at radius 3 is 2.59 bits per heavy atom. The molecular formula is C28H23F2NO6. The molecule has 3 aromatic rings. The first-order valence-electron chi connectivity index (χ1n) is 11.9. The third-order valence-corrected chi connectivity index (χ3v) is 7.18. The lowest BCUT2D eigenvalue weighted by molar-refractivity contribution is -0.125. The van der Waals surface area contributed by atoms with Gasteiger partial charge in [0.1, 0.15) is 17.8 Å². The molecule has 4 atom stereocenters. The molecule has 1 amide bonds. The highest BCUT2D eigenvalue weighted by molar-refractivity contribution is 5.88. The maximum absolute atomic E-state index is 14.9. The number of alkyl halides is 2. The molecule has 2 unspecified atom stereocenters. The molecule has 6 rings (SSSR count). The second-order valence-corrected chi connectivity index (χ2v) is 9.62. The summed E-state index contributed by atoms with van der Waals surface area (Å²) in [6, 6.07) is 15.9. The van der Waals surface area contributed by atoms with Crippen LogP contribution >= 0.6 is 0 Å². The van der Waals surface area contributed by atoms with E-state index >= 15 is 0 Å². The molecule has 0 aromatic heterocycles. The number of hydrogen-bond donors (Lipinski definition) is 2. The third kappa shape index (κ3) is 4.04. The molecule has 0 saturated heterocycles. The lowest BCUT2D eigenvalue weighted by atomic mass is 9.91. The first-order valence-corrected chi connectivity index (χ1v) is 11.9. The number of aromatic carboxylic acids is 1. The van der Waals surface area contributed by atoms with E-state index in [2.05, 4.69) is 5.32 Å². The van der Waals surface area contributed by atoms with E-state index in [1.165, 1.54) is 24.3 Å². The fourth-order valence-corrected chi connectivity index (χ4v) is 5.22.